The summed E-state index contributed by atoms with van der Waals surface area (Å²) in [6.07, 6.45) is 0.549. The number of ether oxygens (including phenoxy) is 1. The van der Waals surface area contributed by atoms with Crippen LogP contribution >= 0.6 is 0 Å². The van der Waals surface area contributed by atoms with E-state index >= 15 is 0 Å². The molecule has 0 amide bonds. The van der Waals surface area contributed by atoms with Crippen LogP contribution in [0.25, 0.3) is 11.3 Å². The fourth-order valence-electron chi connectivity index (χ4n) is 2.83. The van der Waals surface area contributed by atoms with E-state index in [0.717, 1.165) is 6.07 Å². The molecular weight excluding hydrogens is 343 g/mol. The van der Waals surface area contributed by atoms with Crippen molar-refractivity contribution in [3.63, 3.8) is 0 Å². The van der Waals surface area contributed by atoms with Gasteiger partial charge < -0.3 is 10.5 Å². The lowest BCUT2D eigenvalue weighted by molar-refractivity contribution is 0.142. The van der Waals surface area contributed by atoms with E-state index in [1.807, 2.05) is 20.8 Å². The van der Waals surface area contributed by atoms with Crippen molar-refractivity contribution in [2.45, 2.75) is 46.1 Å². The maximum atomic E-state index is 14.2. The highest BCUT2D eigenvalue weighted by atomic mass is 19.3. The summed E-state index contributed by atoms with van der Waals surface area (Å²) in [5.74, 6) is -0.496. The summed E-state index contributed by atoms with van der Waals surface area (Å²) in [6.45, 7) is 7.48. The first kappa shape index (κ1) is 20.2. The van der Waals surface area contributed by atoms with Gasteiger partial charge in [0.15, 0.2) is 5.82 Å². The summed E-state index contributed by atoms with van der Waals surface area (Å²) < 4.78 is 46.7. The number of hydrogen-bond acceptors (Lipinski definition) is 4. The molecule has 7 heteroatoms. The van der Waals surface area contributed by atoms with Gasteiger partial charge in [-0.15, -0.1) is 0 Å². The minimum absolute atomic E-state index is 0.00314. The molecule has 2 N–H and O–H groups in total. The Morgan fingerprint density at radius 2 is 1.96 bits per heavy atom. The van der Waals surface area contributed by atoms with Crippen molar-refractivity contribution in [1.29, 1.82) is 0 Å². The SMILES string of the molecule is Cc1nccc(-c2cc(C(F)F)c(OC[C@@H](C)CC(C)(C)N)cn2)c1F. The second-order valence-electron chi connectivity index (χ2n) is 7.27. The van der Waals surface area contributed by atoms with Gasteiger partial charge in [0.25, 0.3) is 6.43 Å². The Hall–Kier alpha value is -2.15. The molecule has 0 unspecified atom stereocenters. The molecule has 0 radical (unpaired) electrons. The minimum atomic E-state index is -2.76. The number of nitrogens with zero attached hydrogens (tertiary/aromatic N) is 2. The maximum Gasteiger partial charge on any atom is 0.267 e. The van der Waals surface area contributed by atoms with Crippen molar-refractivity contribution >= 4 is 0 Å². The number of rotatable bonds is 7. The molecule has 0 bridgehead atoms. The van der Waals surface area contributed by atoms with Gasteiger partial charge in [0.1, 0.15) is 5.75 Å². The van der Waals surface area contributed by atoms with Crippen molar-refractivity contribution in [1.82, 2.24) is 9.97 Å². The fourth-order valence-corrected chi connectivity index (χ4v) is 2.83. The second-order valence-corrected chi connectivity index (χ2v) is 7.27. The Balaban J connectivity index is 2.25. The van der Waals surface area contributed by atoms with Gasteiger partial charge in [-0.2, -0.15) is 0 Å². The van der Waals surface area contributed by atoms with Gasteiger partial charge in [0.05, 0.1) is 29.8 Å². The Labute approximate surface area is 151 Å². The van der Waals surface area contributed by atoms with Crippen LogP contribution in [0, 0.1) is 18.7 Å². The van der Waals surface area contributed by atoms with Crippen molar-refractivity contribution in [3.8, 4) is 17.0 Å². The summed E-state index contributed by atoms with van der Waals surface area (Å²) in [5.41, 5.74) is 5.71. The standard InChI is InChI=1S/C19H24F3N3O/c1-11(8-19(3,4)23)10-26-16-9-25-15(7-14(16)18(21)22)13-5-6-24-12(2)17(13)20/h5-7,9,11,18H,8,10,23H2,1-4H3/t11-/m0/s1. The first-order valence-electron chi connectivity index (χ1n) is 8.39. The molecule has 4 nitrogen and oxygen atoms in total. The zero-order chi connectivity index (χ0) is 19.5. The van der Waals surface area contributed by atoms with Gasteiger partial charge in [-0.1, -0.05) is 6.92 Å². The van der Waals surface area contributed by atoms with E-state index in [2.05, 4.69) is 9.97 Å². The summed E-state index contributed by atoms with van der Waals surface area (Å²) in [7, 11) is 0. The van der Waals surface area contributed by atoms with E-state index < -0.39 is 12.2 Å². The lowest BCUT2D eigenvalue weighted by Crippen LogP contribution is -2.35. The van der Waals surface area contributed by atoms with E-state index in [1.165, 1.54) is 25.4 Å². The Kier molecular flexibility index (Phi) is 6.23. The van der Waals surface area contributed by atoms with E-state index in [-0.39, 0.29) is 46.3 Å². The molecule has 0 fully saturated rings. The molecule has 0 saturated carbocycles. The summed E-state index contributed by atoms with van der Waals surface area (Å²) in [4.78, 5) is 7.93. The van der Waals surface area contributed by atoms with E-state index in [0.29, 0.717) is 6.42 Å². The lowest BCUT2D eigenvalue weighted by atomic mass is 9.93. The molecule has 0 spiro atoms. The van der Waals surface area contributed by atoms with Crippen LogP contribution in [-0.4, -0.2) is 22.1 Å². The molecule has 2 rings (SSSR count). The Morgan fingerprint density at radius 3 is 2.58 bits per heavy atom. The zero-order valence-electron chi connectivity index (χ0n) is 15.4. The third-order valence-electron chi connectivity index (χ3n) is 3.87. The average Bonchev–Trinajstić information content (AvgIpc) is 2.54. The largest absolute Gasteiger partial charge is 0.491 e. The monoisotopic (exact) mass is 367 g/mol. The number of pyridine rings is 2. The molecule has 1 atom stereocenters. The normalized spacial score (nSPS) is 13.1. The highest BCUT2D eigenvalue weighted by Crippen LogP contribution is 2.33. The number of aromatic nitrogens is 2. The molecular formula is C19H24F3N3O. The molecule has 0 saturated heterocycles. The summed E-state index contributed by atoms with van der Waals surface area (Å²) in [6, 6.07) is 2.57. The van der Waals surface area contributed by atoms with Gasteiger partial charge in [0, 0.05) is 17.3 Å². The van der Waals surface area contributed by atoms with Crippen LogP contribution in [0.3, 0.4) is 0 Å². The predicted molar refractivity (Wildman–Crippen MR) is 94.7 cm³/mol. The minimum Gasteiger partial charge on any atom is -0.491 e. The third kappa shape index (κ3) is 5.17. The molecule has 0 aromatic carbocycles. The van der Waals surface area contributed by atoms with Crippen LogP contribution in [0.4, 0.5) is 13.2 Å². The van der Waals surface area contributed by atoms with Crippen LogP contribution in [0.1, 0.15) is 44.9 Å². The van der Waals surface area contributed by atoms with Crippen LogP contribution < -0.4 is 10.5 Å². The number of halogens is 3. The number of alkyl halides is 2. The van der Waals surface area contributed by atoms with Crippen LogP contribution in [0.15, 0.2) is 24.5 Å². The van der Waals surface area contributed by atoms with Gasteiger partial charge >= 0.3 is 0 Å². The molecule has 2 aromatic rings. The van der Waals surface area contributed by atoms with Gasteiger partial charge in [-0.3, -0.25) is 9.97 Å². The molecule has 0 aliphatic rings. The van der Waals surface area contributed by atoms with E-state index in [4.69, 9.17) is 10.5 Å². The summed E-state index contributed by atoms with van der Waals surface area (Å²) in [5, 5.41) is 0. The fraction of sp³-hybridized carbons (Fsp3) is 0.474. The predicted octanol–water partition coefficient (Wildman–Crippen LogP) is 4.67. The first-order chi connectivity index (χ1) is 12.1. The van der Waals surface area contributed by atoms with Crippen molar-refractivity contribution < 1.29 is 17.9 Å². The third-order valence-corrected chi connectivity index (χ3v) is 3.87. The number of hydrogen-bond donors (Lipinski definition) is 1. The summed E-state index contributed by atoms with van der Waals surface area (Å²) >= 11 is 0. The van der Waals surface area contributed by atoms with E-state index in [9.17, 15) is 13.2 Å². The quantitative estimate of drug-likeness (QED) is 0.772. The first-order valence-corrected chi connectivity index (χ1v) is 8.39. The number of nitrogens with two attached hydrogens (primary N) is 1. The van der Waals surface area contributed by atoms with Crippen LogP contribution in [0.5, 0.6) is 5.75 Å². The van der Waals surface area contributed by atoms with Gasteiger partial charge in [-0.25, -0.2) is 13.2 Å². The van der Waals surface area contributed by atoms with Gasteiger partial charge in [0.2, 0.25) is 0 Å². The number of aryl methyl sites for hydroxylation is 1. The zero-order valence-corrected chi connectivity index (χ0v) is 15.4. The van der Waals surface area contributed by atoms with E-state index in [1.54, 1.807) is 0 Å². The molecule has 2 heterocycles. The van der Waals surface area contributed by atoms with Crippen LogP contribution in [0.2, 0.25) is 0 Å². The lowest BCUT2D eigenvalue weighted by Gasteiger charge is -2.23. The second kappa shape index (κ2) is 8.03. The van der Waals surface area contributed by atoms with Crippen molar-refractivity contribution in [2.24, 2.45) is 11.7 Å². The van der Waals surface area contributed by atoms with Crippen molar-refractivity contribution in [2.75, 3.05) is 6.61 Å². The van der Waals surface area contributed by atoms with Crippen molar-refractivity contribution in [3.05, 3.63) is 41.6 Å². The molecule has 0 aliphatic carbocycles. The Bertz CT molecular complexity index is 760. The van der Waals surface area contributed by atoms with Crippen LogP contribution in [-0.2, 0) is 0 Å². The highest BCUT2D eigenvalue weighted by Gasteiger charge is 2.21. The molecule has 0 aliphatic heterocycles. The van der Waals surface area contributed by atoms with Gasteiger partial charge in [-0.05, 0) is 45.2 Å². The Morgan fingerprint density at radius 1 is 1.27 bits per heavy atom. The molecule has 142 valence electrons. The molecule has 2 aromatic heterocycles. The topological polar surface area (TPSA) is 61.0 Å². The highest BCUT2D eigenvalue weighted by molar-refractivity contribution is 5.62. The average molecular weight is 367 g/mol. The maximum absolute atomic E-state index is 14.2. The smallest absolute Gasteiger partial charge is 0.267 e. The molecule has 26 heavy (non-hydrogen) atoms.